The Labute approximate surface area is 121 Å². The van der Waals surface area contributed by atoms with Crippen molar-refractivity contribution in [3.8, 4) is 0 Å². The Balaban J connectivity index is 2.11. The minimum Gasteiger partial charge on any atom is -0.459 e. The highest BCUT2D eigenvalue weighted by molar-refractivity contribution is 6.31. The molecule has 3 N–H and O–H groups in total. The van der Waals surface area contributed by atoms with Crippen molar-refractivity contribution >= 4 is 22.6 Å². The third-order valence-electron chi connectivity index (χ3n) is 3.30. The van der Waals surface area contributed by atoms with Gasteiger partial charge < -0.3 is 4.42 Å². The van der Waals surface area contributed by atoms with E-state index in [1.165, 1.54) is 0 Å². The zero-order chi connectivity index (χ0) is 14.1. The van der Waals surface area contributed by atoms with Crippen molar-refractivity contribution in [3.63, 3.8) is 0 Å². The molecule has 0 aliphatic heterocycles. The average molecular weight is 291 g/mol. The average Bonchev–Trinajstić information content (AvgIpc) is 3.04. The van der Waals surface area contributed by atoms with E-state index in [0.29, 0.717) is 17.3 Å². The van der Waals surface area contributed by atoms with E-state index in [-0.39, 0.29) is 6.04 Å². The molecule has 2 aromatic heterocycles. The minimum atomic E-state index is -0.336. The number of halogens is 1. The van der Waals surface area contributed by atoms with Crippen molar-refractivity contribution < 1.29 is 4.42 Å². The number of hydrogen-bond acceptors (Lipinski definition) is 4. The van der Waals surface area contributed by atoms with E-state index in [1.54, 1.807) is 10.9 Å². The van der Waals surface area contributed by atoms with E-state index in [0.717, 1.165) is 16.7 Å². The predicted octanol–water partition coefficient (Wildman–Crippen LogP) is 2.86. The number of furan rings is 1. The molecule has 104 valence electrons. The van der Waals surface area contributed by atoms with Crippen LogP contribution >= 0.6 is 11.6 Å². The lowest BCUT2D eigenvalue weighted by Crippen LogP contribution is -2.30. The number of aryl methyl sites for hydroxylation is 1. The van der Waals surface area contributed by atoms with Crippen molar-refractivity contribution in [1.29, 1.82) is 0 Å². The van der Waals surface area contributed by atoms with Gasteiger partial charge in [-0.1, -0.05) is 29.8 Å². The Morgan fingerprint density at radius 2 is 2.25 bits per heavy atom. The minimum absolute atomic E-state index is 0.336. The monoisotopic (exact) mass is 290 g/mol. The van der Waals surface area contributed by atoms with Crippen LogP contribution in [0.4, 0.5) is 0 Å². The van der Waals surface area contributed by atoms with Crippen LogP contribution in [0.1, 0.15) is 24.4 Å². The van der Waals surface area contributed by atoms with Gasteiger partial charge in [0.2, 0.25) is 0 Å². The topological polar surface area (TPSA) is 69.0 Å². The van der Waals surface area contributed by atoms with Crippen molar-refractivity contribution in [2.45, 2.75) is 19.5 Å². The molecule has 0 fully saturated rings. The van der Waals surface area contributed by atoms with Crippen LogP contribution in [0.2, 0.25) is 5.02 Å². The number of hydrazine groups is 1. The van der Waals surface area contributed by atoms with Crippen LogP contribution in [0, 0.1) is 0 Å². The molecule has 6 heteroatoms. The second-order valence-corrected chi connectivity index (χ2v) is 4.89. The summed E-state index contributed by atoms with van der Waals surface area (Å²) in [5.41, 5.74) is 4.38. The molecule has 3 aromatic rings. The molecule has 1 unspecified atom stereocenters. The zero-order valence-corrected chi connectivity index (χ0v) is 11.8. The Bertz CT molecular complexity index is 701. The number of rotatable bonds is 4. The molecule has 2 heterocycles. The first kappa shape index (κ1) is 13.2. The number of para-hydroxylation sites is 1. The maximum absolute atomic E-state index is 6.23. The highest BCUT2D eigenvalue weighted by Gasteiger charge is 2.24. The predicted molar refractivity (Wildman–Crippen MR) is 78.3 cm³/mol. The summed E-state index contributed by atoms with van der Waals surface area (Å²) in [5.74, 6) is 6.41. The SMILES string of the molecule is CCn1ncc(Cl)c1C(NN)c1cc2ccccc2o1. The van der Waals surface area contributed by atoms with Crippen LogP contribution in [0.5, 0.6) is 0 Å². The normalized spacial score (nSPS) is 12.9. The van der Waals surface area contributed by atoms with E-state index in [9.17, 15) is 0 Å². The van der Waals surface area contributed by atoms with Crippen molar-refractivity contribution in [1.82, 2.24) is 15.2 Å². The Morgan fingerprint density at radius 3 is 2.95 bits per heavy atom. The van der Waals surface area contributed by atoms with Crippen molar-refractivity contribution in [3.05, 3.63) is 53.0 Å². The van der Waals surface area contributed by atoms with Gasteiger partial charge in [0, 0.05) is 11.9 Å². The van der Waals surface area contributed by atoms with Gasteiger partial charge in [-0.3, -0.25) is 10.5 Å². The molecule has 0 bridgehead atoms. The highest BCUT2D eigenvalue weighted by Crippen LogP contribution is 2.31. The molecule has 0 radical (unpaired) electrons. The molecule has 5 nitrogen and oxygen atoms in total. The summed E-state index contributed by atoms with van der Waals surface area (Å²) in [5, 5.41) is 5.82. The molecule has 0 saturated carbocycles. The van der Waals surface area contributed by atoms with Gasteiger partial charge in [-0.2, -0.15) is 5.10 Å². The molecule has 3 rings (SSSR count). The summed E-state index contributed by atoms with van der Waals surface area (Å²) in [7, 11) is 0. The van der Waals surface area contributed by atoms with E-state index in [1.807, 2.05) is 37.3 Å². The fraction of sp³-hybridized carbons (Fsp3) is 0.214. The van der Waals surface area contributed by atoms with Gasteiger partial charge in [0.25, 0.3) is 0 Å². The zero-order valence-electron chi connectivity index (χ0n) is 11.0. The quantitative estimate of drug-likeness (QED) is 0.573. The molecular weight excluding hydrogens is 276 g/mol. The van der Waals surface area contributed by atoms with Gasteiger partial charge in [0.05, 0.1) is 16.9 Å². The number of hydrogen-bond donors (Lipinski definition) is 2. The molecule has 1 atom stereocenters. The van der Waals surface area contributed by atoms with Crippen molar-refractivity contribution in [2.75, 3.05) is 0 Å². The fourth-order valence-corrected chi connectivity index (χ4v) is 2.60. The smallest absolute Gasteiger partial charge is 0.134 e. The maximum Gasteiger partial charge on any atom is 0.134 e. The second-order valence-electron chi connectivity index (χ2n) is 4.48. The van der Waals surface area contributed by atoms with Gasteiger partial charge >= 0.3 is 0 Å². The largest absolute Gasteiger partial charge is 0.459 e. The molecule has 0 saturated heterocycles. The van der Waals surface area contributed by atoms with E-state index < -0.39 is 0 Å². The fourth-order valence-electron chi connectivity index (χ4n) is 2.35. The van der Waals surface area contributed by atoms with Crippen molar-refractivity contribution in [2.24, 2.45) is 5.84 Å². The Hall–Kier alpha value is -1.82. The van der Waals surface area contributed by atoms with Gasteiger partial charge in [-0.15, -0.1) is 0 Å². The number of nitrogens with zero attached hydrogens (tertiary/aromatic N) is 2. The number of nitrogens with one attached hydrogen (secondary N) is 1. The van der Waals surface area contributed by atoms with E-state index in [2.05, 4.69) is 10.5 Å². The third kappa shape index (κ3) is 2.10. The molecule has 0 amide bonds. The molecule has 1 aromatic carbocycles. The van der Waals surface area contributed by atoms with Crippen LogP contribution in [0.15, 0.2) is 40.9 Å². The van der Waals surface area contributed by atoms with Crippen LogP contribution in [-0.4, -0.2) is 9.78 Å². The van der Waals surface area contributed by atoms with Gasteiger partial charge in [0.1, 0.15) is 17.4 Å². The number of fused-ring (bicyclic) bond motifs is 1. The lowest BCUT2D eigenvalue weighted by Gasteiger charge is -2.15. The molecule has 0 aliphatic rings. The summed E-state index contributed by atoms with van der Waals surface area (Å²) in [4.78, 5) is 0. The first-order valence-electron chi connectivity index (χ1n) is 6.40. The lowest BCUT2D eigenvalue weighted by molar-refractivity contribution is 0.451. The number of benzene rings is 1. The summed E-state index contributed by atoms with van der Waals surface area (Å²) in [6.07, 6.45) is 1.62. The lowest BCUT2D eigenvalue weighted by atomic mass is 10.1. The Morgan fingerprint density at radius 1 is 1.45 bits per heavy atom. The van der Waals surface area contributed by atoms with E-state index in [4.69, 9.17) is 21.9 Å². The highest BCUT2D eigenvalue weighted by atomic mass is 35.5. The first-order chi connectivity index (χ1) is 9.74. The van der Waals surface area contributed by atoms with Gasteiger partial charge in [0.15, 0.2) is 0 Å². The number of nitrogens with two attached hydrogens (primary N) is 1. The van der Waals surface area contributed by atoms with Crippen LogP contribution in [-0.2, 0) is 6.54 Å². The summed E-state index contributed by atoms with van der Waals surface area (Å²) in [6.45, 7) is 2.71. The number of aromatic nitrogens is 2. The molecular formula is C14H15ClN4O. The van der Waals surface area contributed by atoms with Gasteiger partial charge in [-0.05, 0) is 19.1 Å². The summed E-state index contributed by atoms with van der Waals surface area (Å²) < 4.78 is 7.66. The van der Waals surface area contributed by atoms with Crippen LogP contribution in [0.3, 0.4) is 0 Å². The first-order valence-corrected chi connectivity index (χ1v) is 6.78. The Kier molecular flexibility index (Phi) is 3.48. The molecule has 0 aliphatic carbocycles. The second kappa shape index (κ2) is 5.28. The van der Waals surface area contributed by atoms with E-state index >= 15 is 0 Å². The molecule has 20 heavy (non-hydrogen) atoms. The van der Waals surface area contributed by atoms with Gasteiger partial charge in [-0.25, -0.2) is 5.43 Å². The third-order valence-corrected chi connectivity index (χ3v) is 3.59. The summed E-state index contributed by atoms with van der Waals surface area (Å²) in [6, 6.07) is 9.44. The standard InChI is InChI=1S/C14H15ClN4O/c1-2-19-14(10(15)8-17-19)13(18-16)12-7-9-5-3-4-6-11(9)20-12/h3-8,13,18H,2,16H2,1H3. The van der Waals surface area contributed by atoms with Crippen LogP contribution < -0.4 is 11.3 Å². The molecule has 0 spiro atoms. The van der Waals surface area contributed by atoms with Crippen LogP contribution in [0.25, 0.3) is 11.0 Å². The maximum atomic E-state index is 6.23. The summed E-state index contributed by atoms with van der Waals surface area (Å²) >= 11 is 6.23.